The normalized spacial score (nSPS) is 30.4. The lowest BCUT2D eigenvalue weighted by atomic mass is 10.0. The average molecular weight is 214 g/mol. The highest BCUT2D eigenvalue weighted by Crippen LogP contribution is 2.19. The SMILES string of the molecule is CCCC(CN)N1CC(C)OCC1CC. The second kappa shape index (κ2) is 6.46. The molecule has 0 aromatic carbocycles. The van der Waals surface area contributed by atoms with Crippen molar-refractivity contribution in [2.45, 2.75) is 58.2 Å². The van der Waals surface area contributed by atoms with Gasteiger partial charge in [0.05, 0.1) is 12.7 Å². The molecule has 0 saturated carbocycles. The van der Waals surface area contributed by atoms with Crippen molar-refractivity contribution in [1.29, 1.82) is 0 Å². The highest BCUT2D eigenvalue weighted by Gasteiger charge is 2.29. The van der Waals surface area contributed by atoms with Gasteiger partial charge in [-0.1, -0.05) is 20.3 Å². The number of nitrogens with zero attached hydrogens (tertiary/aromatic N) is 1. The first kappa shape index (κ1) is 12.9. The summed E-state index contributed by atoms with van der Waals surface area (Å²) in [6.45, 7) is 9.30. The molecule has 1 rings (SSSR count). The van der Waals surface area contributed by atoms with E-state index in [2.05, 4.69) is 25.7 Å². The molecule has 1 heterocycles. The van der Waals surface area contributed by atoms with Gasteiger partial charge in [0.1, 0.15) is 0 Å². The zero-order chi connectivity index (χ0) is 11.3. The van der Waals surface area contributed by atoms with E-state index in [1.165, 1.54) is 12.8 Å². The van der Waals surface area contributed by atoms with E-state index in [1.54, 1.807) is 0 Å². The molecule has 0 spiro atoms. The molecule has 3 unspecified atom stereocenters. The third-order valence-corrected chi connectivity index (χ3v) is 3.34. The lowest BCUT2D eigenvalue weighted by Crippen LogP contribution is -2.55. The number of morpholine rings is 1. The molecule has 1 saturated heterocycles. The van der Waals surface area contributed by atoms with Gasteiger partial charge in [0, 0.05) is 25.2 Å². The lowest BCUT2D eigenvalue weighted by Gasteiger charge is -2.42. The molecule has 0 aliphatic carbocycles. The van der Waals surface area contributed by atoms with Gasteiger partial charge in [0.25, 0.3) is 0 Å². The Kier molecular flexibility index (Phi) is 5.58. The van der Waals surface area contributed by atoms with Gasteiger partial charge >= 0.3 is 0 Å². The van der Waals surface area contributed by atoms with Crippen molar-refractivity contribution < 1.29 is 4.74 Å². The van der Waals surface area contributed by atoms with Crippen LogP contribution in [-0.4, -0.2) is 42.8 Å². The fourth-order valence-electron chi connectivity index (χ4n) is 2.42. The van der Waals surface area contributed by atoms with Crippen LogP contribution < -0.4 is 5.73 Å². The summed E-state index contributed by atoms with van der Waals surface area (Å²) in [7, 11) is 0. The highest BCUT2D eigenvalue weighted by molar-refractivity contribution is 4.84. The molecule has 15 heavy (non-hydrogen) atoms. The average Bonchev–Trinajstić information content (AvgIpc) is 2.26. The second-order valence-corrected chi connectivity index (χ2v) is 4.58. The van der Waals surface area contributed by atoms with Crippen molar-refractivity contribution in [1.82, 2.24) is 4.90 Å². The first-order chi connectivity index (χ1) is 7.22. The summed E-state index contributed by atoms with van der Waals surface area (Å²) in [5, 5.41) is 0. The molecule has 0 bridgehead atoms. The molecule has 3 atom stereocenters. The third-order valence-electron chi connectivity index (χ3n) is 3.34. The topological polar surface area (TPSA) is 38.5 Å². The summed E-state index contributed by atoms with van der Waals surface area (Å²) in [5.74, 6) is 0. The monoisotopic (exact) mass is 214 g/mol. The van der Waals surface area contributed by atoms with Crippen LogP contribution in [0, 0.1) is 0 Å². The summed E-state index contributed by atoms with van der Waals surface area (Å²) in [4.78, 5) is 2.57. The molecule has 0 aromatic rings. The summed E-state index contributed by atoms with van der Waals surface area (Å²) in [6.07, 6.45) is 3.94. The predicted molar refractivity (Wildman–Crippen MR) is 63.9 cm³/mol. The van der Waals surface area contributed by atoms with Crippen LogP contribution in [0.25, 0.3) is 0 Å². The van der Waals surface area contributed by atoms with Gasteiger partial charge in [0.15, 0.2) is 0 Å². The first-order valence-corrected chi connectivity index (χ1v) is 6.30. The van der Waals surface area contributed by atoms with Gasteiger partial charge < -0.3 is 10.5 Å². The fraction of sp³-hybridized carbons (Fsp3) is 1.00. The Morgan fingerprint density at radius 3 is 2.73 bits per heavy atom. The van der Waals surface area contributed by atoms with Crippen molar-refractivity contribution in [2.24, 2.45) is 5.73 Å². The maximum absolute atomic E-state index is 5.87. The van der Waals surface area contributed by atoms with E-state index >= 15 is 0 Å². The van der Waals surface area contributed by atoms with Crippen LogP contribution in [0.15, 0.2) is 0 Å². The lowest BCUT2D eigenvalue weighted by molar-refractivity contribution is -0.0722. The molecule has 3 heteroatoms. The number of hydrogen-bond donors (Lipinski definition) is 1. The number of hydrogen-bond acceptors (Lipinski definition) is 3. The molecule has 1 aliphatic rings. The van der Waals surface area contributed by atoms with Gasteiger partial charge in [-0.2, -0.15) is 0 Å². The van der Waals surface area contributed by atoms with Crippen molar-refractivity contribution in [3.8, 4) is 0 Å². The van der Waals surface area contributed by atoms with Crippen molar-refractivity contribution in [2.75, 3.05) is 19.7 Å². The van der Waals surface area contributed by atoms with Gasteiger partial charge in [-0.05, 0) is 19.8 Å². The van der Waals surface area contributed by atoms with Crippen LogP contribution in [-0.2, 0) is 4.74 Å². The summed E-state index contributed by atoms with van der Waals surface area (Å²) < 4.78 is 5.70. The van der Waals surface area contributed by atoms with Crippen molar-refractivity contribution in [3.63, 3.8) is 0 Å². The summed E-state index contributed by atoms with van der Waals surface area (Å²) in [6, 6.07) is 1.12. The van der Waals surface area contributed by atoms with Crippen LogP contribution >= 0.6 is 0 Å². The van der Waals surface area contributed by atoms with Crippen LogP contribution in [0.1, 0.15) is 40.0 Å². The zero-order valence-electron chi connectivity index (χ0n) is 10.4. The predicted octanol–water partition coefficient (Wildman–Crippen LogP) is 1.61. The largest absolute Gasteiger partial charge is 0.376 e. The van der Waals surface area contributed by atoms with E-state index in [1.807, 2.05) is 0 Å². The molecule has 90 valence electrons. The summed E-state index contributed by atoms with van der Waals surface area (Å²) in [5.41, 5.74) is 5.87. The molecule has 0 aromatic heterocycles. The third kappa shape index (κ3) is 3.44. The van der Waals surface area contributed by atoms with Gasteiger partial charge in [-0.15, -0.1) is 0 Å². The Morgan fingerprint density at radius 2 is 2.20 bits per heavy atom. The Morgan fingerprint density at radius 1 is 1.47 bits per heavy atom. The minimum absolute atomic E-state index is 0.360. The van der Waals surface area contributed by atoms with Gasteiger partial charge in [-0.3, -0.25) is 4.90 Å². The molecule has 2 N–H and O–H groups in total. The van der Waals surface area contributed by atoms with Crippen LogP contribution in [0.5, 0.6) is 0 Å². The molecule has 0 amide bonds. The Balaban J connectivity index is 2.59. The number of rotatable bonds is 5. The molecular formula is C12H26N2O. The molecule has 1 fully saturated rings. The number of nitrogens with two attached hydrogens (primary N) is 1. The second-order valence-electron chi connectivity index (χ2n) is 4.58. The Bertz CT molecular complexity index is 175. The maximum Gasteiger partial charge on any atom is 0.0674 e. The standard InChI is InChI=1S/C12H26N2O/c1-4-6-12(7-13)14-8-10(3)15-9-11(14)5-2/h10-12H,4-9,13H2,1-3H3. The molecule has 3 nitrogen and oxygen atoms in total. The number of ether oxygens (including phenoxy) is 1. The van der Waals surface area contributed by atoms with E-state index < -0.39 is 0 Å². The molecule has 0 radical (unpaired) electrons. The van der Waals surface area contributed by atoms with Gasteiger partial charge in [0.2, 0.25) is 0 Å². The minimum Gasteiger partial charge on any atom is -0.376 e. The highest BCUT2D eigenvalue weighted by atomic mass is 16.5. The fourth-order valence-corrected chi connectivity index (χ4v) is 2.42. The van der Waals surface area contributed by atoms with Crippen LogP contribution in [0.4, 0.5) is 0 Å². The van der Waals surface area contributed by atoms with E-state index in [4.69, 9.17) is 10.5 Å². The van der Waals surface area contributed by atoms with Crippen LogP contribution in [0.3, 0.4) is 0 Å². The molecular weight excluding hydrogens is 188 g/mol. The maximum atomic E-state index is 5.87. The molecule has 1 aliphatic heterocycles. The van der Waals surface area contributed by atoms with E-state index in [0.717, 1.165) is 26.1 Å². The van der Waals surface area contributed by atoms with E-state index in [9.17, 15) is 0 Å². The Hall–Kier alpha value is -0.120. The first-order valence-electron chi connectivity index (χ1n) is 6.30. The van der Waals surface area contributed by atoms with Crippen molar-refractivity contribution in [3.05, 3.63) is 0 Å². The minimum atomic E-state index is 0.360. The van der Waals surface area contributed by atoms with E-state index in [-0.39, 0.29) is 0 Å². The van der Waals surface area contributed by atoms with Gasteiger partial charge in [-0.25, -0.2) is 0 Å². The zero-order valence-corrected chi connectivity index (χ0v) is 10.4. The smallest absolute Gasteiger partial charge is 0.0674 e. The van der Waals surface area contributed by atoms with Crippen molar-refractivity contribution >= 4 is 0 Å². The van der Waals surface area contributed by atoms with Crippen LogP contribution in [0.2, 0.25) is 0 Å². The quantitative estimate of drug-likeness (QED) is 0.755. The summed E-state index contributed by atoms with van der Waals surface area (Å²) >= 11 is 0. The Labute approximate surface area is 94.0 Å². The van der Waals surface area contributed by atoms with E-state index in [0.29, 0.717) is 18.2 Å².